The molecular weight excluding hydrogens is 1340 g/mol. The number of aliphatic hydroxyl groups excluding tert-OH is 9. The van der Waals surface area contributed by atoms with Crippen molar-refractivity contribution in [2.24, 2.45) is 0 Å². The van der Waals surface area contributed by atoms with Crippen LogP contribution < -0.4 is 0 Å². The van der Waals surface area contributed by atoms with E-state index in [1.54, 1.807) is 91.0 Å². The van der Waals surface area contributed by atoms with E-state index in [9.17, 15) is 90.7 Å². The van der Waals surface area contributed by atoms with E-state index in [0.717, 1.165) is 54.6 Å². The monoisotopic (exact) mass is 1400 g/mol. The zero-order valence-electron chi connectivity index (χ0n) is 51.9. The van der Waals surface area contributed by atoms with Gasteiger partial charge in [0.05, 0.1) is 0 Å². The SMILES string of the molecule is C=Cc1cc(C2(O[C@H]3[C@H](OC4(c5cc(C=C)c6oc(-c7ccccc7)nc6c5)O[C@H](C(=O)O)[C@@H](O)[C@H](O)[C@H]4O)[C@@H](OC4(c5cc(C=C)c6oc(-c7ccccc7)nc6c5)O[C@H](C(=O)O)[C@@H](O)[C@H](O)[C@H]4O)C(O)(F)O[C@@H]3C(=O)O)O[C@H](C(=O)O)[C@@H](O)[C@H](O)[C@H]2O)cc2nc(-c3ccccc3)oc12. The summed E-state index contributed by atoms with van der Waals surface area (Å²) >= 11 is 0. The third-order valence-corrected chi connectivity index (χ3v) is 18.0. The standard InChI is InChI=1S/C69H60FN3O28/c1-4-28-22-34(25-37-46(28)92-59(71-37)31-16-10-7-11-17-31)66(55(80)43(77)40(74)49(95-66)62(83)84)98-52-53(99-67(56(81)44(78)41(75)50(96-67)63(85)86)35-23-29(5-2)47-38(26-35)72-60(93-47)32-18-12-8-13-19-32)58(69(70,91)100-54(52)65(89)90)101-68(57(82)45(79)42(76)51(97-68)64(87)88)36-24-30(6-3)48-39(27-36)73-61(94-48)33-20-14-9-15-21-33/h4-27,40-45,49-58,74-82,91H,1-3H2,(H,83,84)(H,85,86)(H,87,88)(H,89,90)/t40-,41-,42-,43-,44-,45-,49-,50-,51-,52-,53-,54-,55+,56+,57+,58+,66?,67?,68?,69?/m0/s1. The molecule has 4 aliphatic heterocycles. The molecule has 14 N–H and O–H groups in total. The molecule has 7 heterocycles. The van der Waals surface area contributed by atoms with Crippen LogP contribution in [0.25, 0.3) is 85.9 Å². The van der Waals surface area contributed by atoms with Gasteiger partial charge in [-0.15, -0.1) is 0 Å². The highest BCUT2D eigenvalue weighted by Gasteiger charge is 2.71. The smallest absolute Gasteiger partial charge is 0.348 e. The summed E-state index contributed by atoms with van der Waals surface area (Å²) in [5.41, 5.74) is -2.72. The molecule has 32 heteroatoms. The molecule has 0 bridgehead atoms. The van der Waals surface area contributed by atoms with Gasteiger partial charge in [0.1, 0.15) is 83.7 Å². The van der Waals surface area contributed by atoms with Crippen LogP contribution in [-0.2, 0) is 69.7 Å². The van der Waals surface area contributed by atoms with Gasteiger partial charge in [0, 0.05) is 50.1 Å². The summed E-state index contributed by atoms with van der Waals surface area (Å²) in [6, 6.07) is 25.1. The highest BCUT2D eigenvalue weighted by molar-refractivity contribution is 5.88. The molecule has 4 aliphatic rings. The number of hydrogen-bond donors (Lipinski definition) is 14. The quantitative estimate of drug-likeness (QED) is 0.0553. The molecule has 3 aromatic heterocycles. The number of nitrogens with zero attached hydrogens (tertiary/aromatic N) is 3. The maximum atomic E-state index is 19.0. The minimum atomic E-state index is -5.01. The lowest BCUT2D eigenvalue weighted by Crippen LogP contribution is -2.75. The number of oxazole rings is 3. The van der Waals surface area contributed by atoms with Gasteiger partial charge in [-0.3, -0.25) is 0 Å². The molecule has 0 radical (unpaired) electrons. The molecule has 526 valence electrons. The van der Waals surface area contributed by atoms with Crippen LogP contribution in [0, 0.1) is 0 Å². The Bertz CT molecular complexity index is 4720. The molecule has 4 unspecified atom stereocenters. The van der Waals surface area contributed by atoms with Gasteiger partial charge in [-0.1, -0.05) is 92.6 Å². The van der Waals surface area contributed by atoms with Crippen molar-refractivity contribution in [1.82, 2.24) is 15.0 Å². The Kier molecular flexibility index (Phi) is 18.1. The Morgan fingerprint density at radius 2 is 0.693 bits per heavy atom. The number of rotatable bonds is 19. The number of carboxylic acid groups (broad SMARTS) is 4. The lowest BCUT2D eigenvalue weighted by atomic mass is 9.84. The van der Waals surface area contributed by atoms with Crippen molar-refractivity contribution in [2.45, 2.75) is 121 Å². The van der Waals surface area contributed by atoms with Gasteiger partial charge in [0.25, 0.3) is 0 Å². The summed E-state index contributed by atoms with van der Waals surface area (Å²) in [6.45, 7) is 11.5. The number of benzene rings is 6. The van der Waals surface area contributed by atoms with E-state index in [-0.39, 0.29) is 67.7 Å². The predicted octanol–water partition coefficient (Wildman–Crippen LogP) is 2.85. The van der Waals surface area contributed by atoms with Crippen LogP contribution in [0.5, 0.6) is 0 Å². The first-order valence-electron chi connectivity index (χ1n) is 30.7. The Balaban J connectivity index is 1.11. The summed E-state index contributed by atoms with van der Waals surface area (Å²) in [5, 5.41) is 165. The van der Waals surface area contributed by atoms with Crippen LogP contribution in [-0.4, -0.2) is 214 Å². The van der Waals surface area contributed by atoms with E-state index in [0.29, 0.717) is 16.7 Å². The fourth-order valence-electron chi connectivity index (χ4n) is 12.9. The van der Waals surface area contributed by atoms with Gasteiger partial charge < -0.3 is 118 Å². The number of carboxylic acids is 4. The number of fused-ring (bicyclic) bond motifs is 3. The van der Waals surface area contributed by atoms with Crippen LogP contribution >= 0.6 is 0 Å². The zero-order valence-corrected chi connectivity index (χ0v) is 51.9. The number of aliphatic hydroxyl groups is 10. The summed E-state index contributed by atoms with van der Waals surface area (Å²) in [4.78, 5) is 68.3. The second-order valence-electron chi connectivity index (χ2n) is 24.1. The number of halogens is 1. The Labute approximate surface area is 565 Å². The van der Waals surface area contributed by atoms with Gasteiger partial charge in [0.2, 0.25) is 35.0 Å². The predicted molar refractivity (Wildman–Crippen MR) is 338 cm³/mol. The van der Waals surface area contributed by atoms with Crippen LogP contribution in [0.3, 0.4) is 0 Å². The molecule has 4 saturated heterocycles. The molecule has 4 fully saturated rings. The van der Waals surface area contributed by atoms with Crippen molar-refractivity contribution in [3.63, 3.8) is 0 Å². The van der Waals surface area contributed by atoms with E-state index in [2.05, 4.69) is 34.7 Å². The zero-order chi connectivity index (χ0) is 72.1. The van der Waals surface area contributed by atoms with Crippen molar-refractivity contribution in [1.29, 1.82) is 0 Å². The molecule has 13 rings (SSSR count). The molecule has 6 aromatic carbocycles. The lowest BCUT2D eigenvalue weighted by molar-refractivity contribution is -0.490. The number of carbonyl (C=O) groups is 4. The first kappa shape index (κ1) is 69.6. The second-order valence-corrected chi connectivity index (χ2v) is 24.1. The Morgan fingerprint density at radius 3 is 0.980 bits per heavy atom. The summed E-state index contributed by atoms with van der Waals surface area (Å²) in [5.74, 6) is -20.3. The molecule has 9 aromatic rings. The average molecular weight is 1400 g/mol. The third-order valence-electron chi connectivity index (χ3n) is 18.0. The Morgan fingerprint density at radius 1 is 0.406 bits per heavy atom. The summed E-state index contributed by atoms with van der Waals surface area (Å²) in [6.07, 6.45) is -44.2. The molecule has 31 nitrogen and oxygen atoms in total. The van der Waals surface area contributed by atoms with Crippen molar-refractivity contribution in [3.8, 4) is 34.4 Å². The molecular formula is C69H60FN3O28. The van der Waals surface area contributed by atoms with Crippen molar-refractivity contribution < 1.29 is 141 Å². The van der Waals surface area contributed by atoms with Crippen LogP contribution in [0.15, 0.2) is 160 Å². The number of aliphatic carboxylic acids is 4. The fourth-order valence-corrected chi connectivity index (χ4v) is 12.9. The van der Waals surface area contributed by atoms with Crippen molar-refractivity contribution >= 4 is 75.4 Å². The molecule has 0 saturated carbocycles. The van der Waals surface area contributed by atoms with E-state index in [1.807, 2.05) is 0 Å². The van der Waals surface area contributed by atoms with E-state index in [4.69, 9.17) is 46.4 Å². The largest absolute Gasteiger partial charge is 0.479 e. The Hall–Kier alpha value is -9.92. The minimum absolute atomic E-state index is 0.0894. The lowest BCUT2D eigenvalue weighted by Gasteiger charge is -2.56. The molecule has 0 amide bonds. The van der Waals surface area contributed by atoms with Gasteiger partial charge in [0.15, 0.2) is 47.3 Å². The van der Waals surface area contributed by atoms with Crippen LogP contribution in [0.1, 0.15) is 33.4 Å². The topological polar surface area (TPSA) is 494 Å². The molecule has 101 heavy (non-hydrogen) atoms. The van der Waals surface area contributed by atoms with Gasteiger partial charge >= 0.3 is 29.9 Å². The summed E-state index contributed by atoms with van der Waals surface area (Å²) in [7, 11) is 0. The highest BCUT2D eigenvalue weighted by Crippen LogP contribution is 2.53. The summed E-state index contributed by atoms with van der Waals surface area (Å²) < 4.78 is 81.1. The van der Waals surface area contributed by atoms with Gasteiger partial charge in [-0.2, -0.15) is 4.39 Å². The number of alkyl halides is 1. The minimum Gasteiger partial charge on any atom is -0.479 e. The first-order chi connectivity index (χ1) is 48.1. The van der Waals surface area contributed by atoms with Gasteiger partial charge in [-0.25, -0.2) is 34.1 Å². The fraction of sp³-hybridized carbons (Fsp3) is 0.290. The van der Waals surface area contributed by atoms with E-state index >= 15 is 4.39 Å². The molecule has 0 aliphatic carbocycles. The number of ether oxygens (including phenoxy) is 7. The van der Waals surface area contributed by atoms with Crippen molar-refractivity contribution in [2.75, 3.05) is 0 Å². The first-order valence-corrected chi connectivity index (χ1v) is 30.7. The number of aromatic nitrogens is 3. The number of hydrogen-bond acceptors (Lipinski definition) is 27. The van der Waals surface area contributed by atoms with Crippen LogP contribution in [0.2, 0.25) is 0 Å². The maximum absolute atomic E-state index is 19.0. The average Bonchev–Trinajstić information content (AvgIpc) is 1.10. The van der Waals surface area contributed by atoms with Crippen molar-refractivity contribution in [3.05, 3.63) is 181 Å². The normalized spacial score (nSPS) is 32.9. The molecule has 0 spiro atoms. The highest BCUT2D eigenvalue weighted by atomic mass is 19.2. The molecule has 20 atom stereocenters. The van der Waals surface area contributed by atoms with E-state index in [1.165, 1.54) is 0 Å². The van der Waals surface area contributed by atoms with Gasteiger partial charge in [-0.05, 0) is 72.8 Å². The maximum Gasteiger partial charge on any atom is 0.348 e. The third kappa shape index (κ3) is 11.6. The van der Waals surface area contributed by atoms with Crippen LogP contribution in [0.4, 0.5) is 4.39 Å². The van der Waals surface area contributed by atoms with E-state index < -0.39 is 162 Å². The second kappa shape index (κ2) is 26.2.